The highest BCUT2D eigenvalue weighted by atomic mass is 16.7. The SMILES string of the molecule is C.CC(C)(c1ccc(O)cc1)c1ccc(OC(=O)Oc2ccccc2)cc1.CC(C)(c1ccc(O)cc1)c1ccc(OC(=O)Oc2ccccc2)cc1.Oc1ccccc1. The predicted molar refractivity (Wildman–Crippen MR) is 234 cm³/mol. The van der Waals surface area contributed by atoms with Crippen LogP contribution in [-0.2, 0) is 10.8 Å². The molecule has 0 bridgehead atoms. The Morgan fingerprint density at radius 3 is 0.800 bits per heavy atom. The normalized spacial score (nSPS) is 10.5. The van der Waals surface area contributed by atoms with Gasteiger partial charge in [0.25, 0.3) is 0 Å². The highest BCUT2D eigenvalue weighted by molar-refractivity contribution is 5.67. The Balaban J connectivity index is 0.000000224. The van der Waals surface area contributed by atoms with E-state index in [-0.39, 0.29) is 29.8 Å². The highest BCUT2D eigenvalue weighted by Gasteiger charge is 2.24. The van der Waals surface area contributed by atoms with Crippen LogP contribution in [0.25, 0.3) is 0 Å². The molecule has 0 spiro atoms. The van der Waals surface area contributed by atoms with Crippen molar-refractivity contribution < 1.29 is 43.9 Å². The molecule has 7 aromatic rings. The third kappa shape index (κ3) is 13.3. The van der Waals surface area contributed by atoms with Crippen molar-refractivity contribution in [3.8, 4) is 40.2 Å². The number of ether oxygens (including phenoxy) is 4. The number of phenolic OH excluding ortho intramolecular Hbond substituents is 3. The van der Waals surface area contributed by atoms with E-state index in [0.717, 1.165) is 22.3 Å². The van der Waals surface area contributed by atoms with E-state index >= 15 is 0 Å². The Morgan fingerprint density at radius 1 is 0.333 bits per heavy atom. The summed E-state index contributed by atoms with van der Waals surface area (Å²) in [6, 6.07) is 55.2. The zero-order chi connectivity index (χ0) is 42.3. The average Bonchev–Trinajstić information content (AvgIpc) is 3.23. The number of carbonyl (C=O) groups is 2. The lowest BCUT2D eigenvalue weighted by molar-refractivity contribution is 0.150. The molecule has 0 saturated carbocycles. The summed E-state index contributed by atoms with van der Waals surface area (Å²) in [4.78, 5) is 23.7. The topological polar surface area (TPSA) is 132 Å². The minimum atomic E-state index is -0.776. The van der Waals surface area contributed by atoms with E-state index in [1.54, 1.807) is 121 Å². The second kappa shape index (κ2) is 21.3. The van der Waals surface area contributed by atoms with Crippen molar-refractivity contribution in [2.24, 2.45) is 0 Å². The van der Waals surface area contributed by atoms with E-state index in [4.69, 9.17) is 24.1 Å². The van der Waals surface area contributed by atoms with E-state index in [0.29, 0.717) is 28.7 Å². The molecule has 0 aromatic heterocycles. The zero-order valence-electron chi connectivity index (χ0n) is 33.2. The van der Waals surface area contributed by atoms with Gasteiger partial charge in [0, 0.05) is 10.8 Å². The van der Waals surface area contributed by atoms with Crippen LogP contribution in [0.4, 0.5) is 9.59 Å². The Kier molecular flexibility index (Phi) is 16.0. The molecule has 0 saturated heterocycles. The molecule has 0 atom stereocenters. The van der Waals surface area contributed by atoms with E-state index in [1.807, 2.05) is 66.7 Å². The van der Waals surface area contributed by atoms with Crippen LogP contribution in [0.15, 0.2) is 188 Å². The fraction of sp³-hybridized carbons (Fsp3) is 0.137. The Morgan fingerprint density at radius 2 is 0.550 bits per heavy atom. The van der Waals surface area contributed by atoms with Crippen molar-refractivity contribution in [3.05, 3.63) is 210 Å². The third-order valence-electron chi connectivity index (χ3n) is 9.38. The van der Waals surface area contributed by atoms with Crippen LogP contribution >= 0.6 is 0 Å². The van der Waals surface area contributed by atoms with Gasteiger partial charge >= 0.3 is 12.3 Å². The van der Waals surface area contributed by atoms with Gasteiger partial charge in [-0.05, 0) is 107 Å². The fourth-order valence-corrected chi connectivity index (χ4v) is 5.80. The van der Waals surface area contributed by atoms with Crippen LogP contribution in [0.1, 0.15) is 57.4 Å². The smallest absolute Gasteiger partial charge is 0.508 e. The van der Waals surface area contributed by atoms with Gasteiger partial charge in [0.2, 0.25) is 0 Å². The van der Waals surface area contributed by atoms with Gasteiger partial charge < -0.3 is 34.3 Å². The highest BCUT2D eigenvalue weighted by Crippen LogP contribution is 2.34. The quantitative estimate of drug-likeness (QED) is 0.101. The largest absolute Gasteiger partial charge is 0.519 e. The average molecular weight is 807 g/mol. The van der Waals surface area contributed by atoms with Crippen molar-refractivity contribution in [2.45, 2.75) is 46.0 Å². The first-order valence-electron chi connectivity index (χ1n) is 18.7. The van der Waals surface area contributed by atoms with E-state index in [9.17, 15) is 19.8 Å². The Bertz CT molecular complexity index is 2190. The minimum absolute atomic E-state index is 0. The van der Waals surface area contributed by atoms with Crippen LogP contribution < -0.4 is 18.9 Å². The summed E-state index contributed by atoms with van der Waals surface area (Å²) >= 11 is 0. The molecule has 0 amide bonds. The number of benzene rings is 7. The summed E-state index contributed by atoms with van der Waals surface area (Å²) in [5, 5.41) is 27.5. The van der Waals surface area contributed by atoms with Gasteiger partial charge in [-0.25, -0.2) is 9.59 Å². The second-order valence-corrected chi connectivity index (χ2v) is 14.3. The van der Waals surface area contributed by atoms with Crippen molar-refractivity contribution in [1.82, 2.24) is 0 Å². The van der Waals surface area contributed by atoms with E-state index in [1.165, 1.54) is 0 Å². The lowest BCUT2D eigenvalue weighted by Crippen LogP contribution is -2.19. The van der Waals surface area contributed by atoms with Gasteiger partial charge in [-0.15, -0.1) is 0 Å². The monoisotopic (exact) mass is 806 g/mol. The first kappa shape index (κ1) is 45.2. The first-order chi connectivity index (χ1) is 28.3. The molecule has 7 aromatic carbocycles. The van der Waals surface area contributed by atoms with Crippen LogP contribution in [0.3, 0.4) is 0 Å². The lowest BCUT2D eigenvalue weighted by Gasteiger charge is -2.26. The maximum atomic E-state index is 11.8. The summed E-state index contributed by atoms with van der Waals surface area (Å²) in [6.45, 7) is 8.38. The van der Waals surface area contributed by atoms with Crippen molar-refractivity contribution >= 4 is 12.3 Å². The molecule has 0 aliphatic rings. The summed E-state index contributed by atoms with van der Waals surface area (Å²) in [5.41, 5.74) is 3.77. The maximum Gasteiger partial charge on any atom is 0.519 e. The van der Waals surface area contributed by atoms with Crippen LogP contribution in [0.2, 0.25) is 0 Å². The molecule has 0 unspecified atom stereocenters. The second-order valence-electron chi connectivity index (χ2n) is 14.3. The molecule has 0 aliphatic carbocycles. The molecule has 60 heavy (non-hydrogen) atoms. The van der Waals surface area contributed by atoms with Gasteiger partial charge in [0.1, 0.15) is 40.2 Å². The molecule has 0 radical (unpaired) electrons. The molecular formula is C51H50O9. The molecule has 7 rings (SSSR count). The van der Waals surface area contributed by atoms with Crippen LogP contribution in [-0.4, -0.2) is 27.6 Å². The summed E-state index contributed by atoms with van der Waals surface area (Å²) in [6.07, 6.45) is -1.55. The number of aromatic hydroxyl groups is 3. The van der Waals surface area contributed by atoms with Crippen molar-refractivity contribution in [3.63, 3.8) is 0 Å². The molecule has 9 heteroatoms. The molecule has 308 valence electrons. The predicted octanol–water partition coefficient (Wildman–Crippen LogP) is 12.6. The summed E-state index contributed by atoms with van der Waals surface area (Å²) < 4.78 is 20.6. The van der Waals surface area contributed by atoms with Crippen molar-refractivity contribution in [2.75, 3.05) is 0 Å². The molecule has 0 heterocycles. The lowest BCUT2D eigenvalue weighted by atomic mass is 9.78. The van der Waals surface area contributed by atoms with Gasteiger partial charge in [0.05, 0.1) is 0 Å². The fourth-order valence-electron chi connectivity index (χ4n) is 5.80. The Labute approximate surface area is 351 Å². The van der Waals surface area contributed by atoms with Crippen molar-refractivity contribution in [1.29, 1.82) is 0 Å². The zero-order valence-corrected chi connectivity index (χ0v) is 33.2. The molecular weight excluding hydrogens is 757 g/mol. The van der Waals surface area contributed by atoms with Gasteiger partial charge in [0.15, 0.2) is 0 Å². The number of carbonyl (C=O) groups excluding carboxylic acids is 2. The van der Waals surface area contributed by atoms with Gasteiger partial charge in [-0.1, -0.05) is 138 Å². The van der Waals surface area contributed by atoms with Crippen LogP contribution in [0.5, 0.6) is 40.2 Å². The van der Waals surface area contributed by atoms with Gasteiger partial charge in [-0.2, -0.15) is 0 Å². The number of para-hydroxylation sites is 3. The standard InChI is InChI=1S/2C22H20O4.C6H6O.CH4/c2*1-22(2,16-8-12-18(23)13-9-16)17-10-14-20(15-11-17)26-21(24)25-19-6-4-3-5-7-19;7-6-4-2-1-3-5-6;/h2*3-15,23H,1-2H3;1-5,7H;1H4. The minimum Gasteiger partial charge on any atom is -0.508 e. The molecule has 9 nitrogen and oxygen atoms in total. The number of hydrogen-bond donors (Lipinski definition) is 3. The van der Waals surface area contributed by atoms with E-state index < -0.39 is 12.3 Å². The number of rotatable bonds is 8. The maximum absolute atomic E-state index is 11.8. The Hall–Kier alpha value is -7.52. The summed E-state index contributed by atoms with van der Waals surface area (Å²) in [5.74, 6) is 2.50. The summed E-state index contributed by atoms with van der Waals surface area (Å²) in [7, 11) is 0. The third-order valence-corrected chi connectivity index (χ3v) is 9.38. The van der Waals surface area contributed by atoms with E-state index in [2.05, 4.69) is 27.7 Å². The van der Waals surface area contributed by atoms with Gasteiger partial charge in [-0.3, -0.25) is 0 Å². The molecule has 3 N–H and O–H groups in total. The molecule has 0 aliphatic heterocycles. The first-order valence-corrected chi connectivity index (χ1v) is 18.7. The number of phenols is 3. The molecule has 0 fully saturated rings. The number of hydrogen-bond acceptors (Lipinski definition) is 9. The van der Waals surface area contributed by atoms with Crippen LogP contribution in [0, 0.1) is 0 Å².